The lowest BCUT2D eigenvalue weighted by Crippen LogP contribution is -2.00. The summed E-state index contributed by atoms with van der Waals surface area (Å²) in [4.78, 5) is 1.21. The lowest BCUT2D eigenvalue weighted by atomic mass is 10.1. The van der Waals surface area contributed by atoms with E-state index in [4.69, 9.17) is 10.5 Å². The highest BCUT2D eigenvalue weighted by atomic mass is 32.2. The van der Waals surface area contributed by atoms with Gasteiger partial charge < -0.3 is 10.5 Å². The predicted molar refractivity (Wildman–Crippen MR) is 76.9 cm³/mol. The molecule has 0 aliphatic heterocycles. The summed E-state index contributed by atoms with van der Waals surface area (Å²) in [6.45, 7) is 0.592. The fourth-order valence-corrected chi connectivity index (χ4v) is 2.73. The summed E-state index contributed by atoms with van der Waals surface area (Å²) < 4.78 is 5.22. The van der Waals surface area contributed by atoms with Gasteiger partial charge in [-0.15, -0.1) is 11.8 Å². The number of methoxy groups -OCH3 is 1. The van der Waals surface area contributed by atoms with Crippen LogP contribution in [-0.4, -0.2) is 7.11 Å². The molecule has 0 radical (unpaired) electrons. The molecule has 0 fully saturated rings. The van der Waals surface area contributed by atoms with Crippen LogP contribution in [0.2, 0.25) is 0 Å². The molecule has 0 heterocycles. The quantitative estimate of drug-likeness (QED) is 0.835. The van der Waals surface area contributed by atoms with E-state index in [9.17, 15) is 0 Å². The normalized spacial score (nSPS) is 10.3. The van der Waals surface area contributed by atoms with Gasteiger partial charge in [0.25, 0.3) is 0 Å². The average Bonchev–Trinajstić information content (AvgIpc) is 2.45. The van der Waals surface area contributed by atoms with Crippen LogP contribution in [-0.2, 0) is 12.3 Å². The summed E-state index contributed by atoms with van der Waals surface area (Å²) in [6, 6.07) is 16.4. The van der Waals surface area contributed by atoms with Crippen molar-refractivity contribution in [2.75, 3.05) is 7.11 Å². The number of benzene rings is 2. The molecule has 2 aromatic carbocycles. The molecule has 0 amide bonds. The second-order valence-electron chi connectivity index (χ2n) is 3.94. The maximum atomic E-state index is 5.74. The van der Waals surface area contributed by atoms with E-state index in [1.807, 2.05) is 18.2 Å². The van der Waals surface area contributed by atoms with Crippen LogP contribution < -0.4 is 10.5 Å². The summed E-state index contributed by atoms with van der Waals surface area (Å²) in [6.07, 6.45) is 0. The van der Waals surface area contributed by atoms with Crippen molar-refractivity contribution in [3.8, 4) is 5.75 Å². The molecule has 18 heavy (non-hydrogen) atoms. The van der Waals surface area contributed by atoms with Gasteiger partial charge in [-0.1, -0.05) is 30.3 Å². The zero-order valence-electron chi connectivity index (χ0n) is 10.4. The van der Waals surface area contributed by atoms with Crippen molar-refractivity contribution in [2.45, 2.75) is 17.2 Å². The third-order valence-corrected chi connectivity index (χ3v) is 3.82. The van der Waals surface area contributed by atoms with E-state index >= 15 is 0 Å². The molecule has 0 aliphatic carbocycles. The smallest absolute Gasteiger partial charge is 0.119 e. The van der Waals surface area contributed by atoms with E-state index in [1.165, 1.54) is 16.0 Å². The van der Waals surface area contributed by atoms with E-state index in [-0.39, 0.29) is 0 Å². The van der Waals surface area contributed by atoms with E-state index < -0.39 is 0 Å². The zero-order valence-corrected chi connectivity index (χ0v) is 11.2. The van der Waals surface area contributed by atoms with Gasteiger partial charge in [0.2, 0.25) is 0 Å². The molecule has 0 saturated carbocycles. The summed E-state index contributed by atoms with van der Waals surface area (Å²) in [5.74, 6) is 1.83. The molecule has 2 nitrogen and oxygen atoms in total. The lowest BCUT2D eigenvalue weighted by Gasteiger charge is -2.08. The first-order valence-corrected chi connectivity index (χ1v) is 6.85. The van der Waals surface area contributed by atoms with Crippen molar-refractivity contribution in [3.05, 3.63) is 59.7 Å². The third-order valence-electron chi connectivity index (χ3n) is 2.77. The van der Waals surface area contributed by atoms with E-state index in [0.29, 0.717) is 6.54 Å². The van der Waals surface area contributed by atoms with Crippen LogP contribution in [0.25, 0.3) is 0 Å². The van der Waals surface area contributed by atoms with E-state index in [0.717, 1.165) is 11.5 Å². The fraction of sp³-hybridized carbons (Fsp3) is 0.200. The van der Waals surface area contributed by atoms with Crippen LogP contribution in [0.1, 0.15) is 11.1 Å². The van der Waals surface area contributed by atoms with Gasteiger partial charge in [0, 0.05) is 17.2 Å². The molecular formula is C15H17NOS. The Balaban J connectivity index is 2.06. The van der Waals surface area contributed by atoms with Crippen LogP contribution in [0.3, 0.4) is 0 Å². The lowest BCUT2D eigenvalue weighted by molar-refractivity contribution is 0.413. The van der Waals surface area contributed by atoms with Crippen molar-refractivity contribution >= 4 is 11.8 Å². The second kappa shape index (κ2) is 6.47. The van der Waals surface area contributed by atoms with Gasteiger partial charge in [-0.25, -0.2) is 0 Å². The van der Waals surface area contributed by atoms with Gasteiger partial charge in [0.05, 0.1) is 7.11 Å². The predicted octanol–water partition coefficient (Wildman–Crippen LogP) is 3.45. The van der Waals surface area contributed by atoms with E-state index in [2.05, 4.69) is 30.3 Å². The Morgan fingerprint density at radius 2 is 1.83 bits per heavy atom. The Hall–Kier alpha value is -1.45. The molecule has 2 aromatic rings. The maximum absolute atomic E-state index is 5.74. The molecule has 3 heteroatoms. The first-order valence-electron chi connectivity index (χ1n) is 5.87. The molecule has 0 aromatic heterocycles. The standard InChI is InChI=1S/C15H17NOS/c1-17-14-7-4-8-15(9-14)18-11-13-6-3-2-5-12(13)10-16/h2-9H,10-11,16H2,1H3. The second-order valence-corrected chi connectivity index (χ2v) is 4.99. The van der Waals surface area contributed by atoms with Crippen LogP contribution >= 0.6 is 11.8 Å². The van der Waals surface area contributed by atoms with E-state index in [1.54, 1.807) is 18.9 Å². The molecule has 0 spiro atoms. The van der Waals surface area contributed by atoms with Crippen molar-refractivity contribution in [3.63, 3.8) is 0 Å². The molecule has 94 valence electrons. The van der Waals surface area contributed by atoms with Gasteiger partial charge in [0.1, 0.15) is 5.75 Å². The highest BCUT2D eigenvalue weighted by Gasteiger charge is 2.02. The Morgan fingerprint density at radius 3 is 2.56 bits per heavy atom. The van der Waals surface area contributed by atoms with Crippen molar-refractivity contribution in [1.82, 2.24) is 0 Å². The molecule has 0 saturated heterocycles. The van der Waals surface area contributed by atoms with Crippen LogP contribution in [0, 0.1) is 0 Å². The molecule has 2 N–H and O–H groups in total. The van der Waals surface area contributed by atoms with Gasteiger partial charge in [0.15, 0.2) is 0 Å². The van der Waals surface area contributed by atoms with Crippen molar-refractivity contribution in [1.29, 1.82) is 0 Å². The Labute approximate surface area is 112 Å². The molecule has 2 rings (SSSR count). The first-order chi connectivity index (χ1) is 8.83. The van der Waals surface area contributed by atoms with Gasteiger partial charge in [-0.2, -0.15) is 0 Å². The minimum absolute atomic E-state index is 0.592. The molecular weight excluding hydrogens is 242 g/mol. The first kappa shape index (κ1) is 13.0. The fourth-order valence-electron chi connectivity index (χ4n) is 1.75. The summed E-state index contributed by atoms with van der Waals surface area (Å²) in [5.41, 5.74) is 8.25. The van der Waals surface area contributed by atoms with Crippen LogP contribution in [0.15, 0.2) is 53.4 Å². The highest BCUT2D eigenvalue weighted by Crippen LogP contribution is 2.27. The minimum Gasteiger partial charge on any atom is -0.497 e. The molecule has 0 atom stereocenters. The monoisotopic (exact) mass is 259 g/mol. The third kappa shape index (κ3) is 3.28. The van der Waals surface area contributed by atoms with Crippen molar-refractivity contribution in [2.24, 2.45) is 5.73 Å². The van der Waals surface area contributed by atoms with Crippen LogP contribution in [0.5, 0.6) is 5.75 Å². The maximum Gasteiger partial charge on any atom is 0.119 e. The van der Waals surface area contributed by atoms with Crippen molar-refractivity contribution < 1.29 is 4.74 Å². The summed E-state index contributed by atoms with van der Waals surface area (Å²) in [5, 5.41) is 0. The number of ether oxygens (including phenoxy) is 1. The van der Waals surface area contributed by atoms with Gasteiger partial charge in [-0.3, -0.25) is 0 Å². The van der Waals surface area contributed by atoms with Gasteiger partial charge in [-0.05, 0) is 29.3 Å². The highest BCUT2D eigenvalue weighted by molar-refractivity contribution is 7.98. The van der Waals surface area contributed by atoms with Gasteiger partial charge >= 0.3 is 0 Å². The largest absolute Gasteiger partial charge is 0.497 e. The number of rotatable bonds is 5. The SMILES string of the molecule is COc1cccc(SCc2ccccc2CN)c1. The average molecular weight is 259 g/mol. The Kier molecular flexibility index (Phi) is 4.67. The topological polar surface area (TPSA) is 35.2 Å². The summed E-state index contributed by atoms with van der Waals surface area (Å²) >= 11 is 1.80. The molecule has 0 bridgehead atoms. The molecule has 0 unspecified atom stereocenters. The Morgan fingerprint density at radius 1 is 1.06 bits per heavy atom. The van der Waals surface area contributed by atoms with Crippen LogP contribution in [0.4, 0.5) is 0 Å². The minimum atomic E-state index is 0.592. The summed E-state index contributed by atoms with van der Waals surface area (Å²) in [7, 11) is 1.69. The number of thioether (sulfide) groups is 1. The number of hydrogen-bond acceptors (Lipinski definition) is 3. The molecule has 0 aliphatic rings. The Bertz CT molecular complexity index is 513. The zero-order chi connectivity index (χ0) is 12.8. The number of hydrogen-bond donors (Lipinski definition) is 1. The number of nitrogens with two attached hydrogens (primary N) is 1.